The van der Waals surface area contributed by atoms with Crippen molar-refractivity contribution < 1.29 is 23.4 Å². The predicted octanol–water partition coefficient (Wildman–Crippen LogP) is 3.25. The molecule has 1 heterocycles. The summed E-state index contributed by atoms with van der Waals surface area (Å²) >= 11 is 0. The monoisotopic (exact) mass is 410 g/mol. The Hall–Kier alpha value is -4.01. The molecule has 0 aliphatic heterocycles. The van der Waals surface area contributed by atoms with Crippen LogP contribution in [0.5, 0.6) is 17.2 Å². The lowest BCUT2D eigenvalue weighted by Gasteiger charge is -2.08. The number of rotatable bonds is 8. The summed E-state index contributed by atoms with van der Waals surface area (Å²) in [7, 11) is 3.17. The maximum absolute atomic E-state index is 10.8. The minimum atomic E-state index is -0.747. The second-order valence-electron chi connectivity index (χ2n) is 6.15. The molecule has 9 heteroatoms. The molecule has 2 aromatic carbocycles. The van der Waals surface area contributed by atoms with Gasteiger partial charge in [-0.25, -0.2) is 15.2 Å². The molecule has 9 nitrogen and oxygen atoms in total. The summed E-state index contributed by atoms with van der Waals surface area (Å²) in [6.45, 7) is 1.99. The number of aromatic nitrogens is 1. The van der Waals surface area contributed by atoms with Crippen molar-refractivity contribution in [2.75, 3.05) is 14.2 Å². The van der Waals surface area contributed by atoms with Crippen molar-refractivity contribution in [1.82, 2.24) is 10.4 Å². The molecular formula is C21H22N4O5. The molecule has 0 aliphatic carbocycles. The molecule has 1 aromatic heterocycles. The first-order valence-corrected chi connectivity index (χ1v) is 9.01. The number of ether oxygens (including phenoxy) is 3. The normalized spacial score (nSPS) is 10.8. The zero-order valence-corrected chi connectivity index (χ0v) is 16.8. The number of para-hydroxylation sites is 1. The molecule has 156 valence electrons. The molecule has 2 amide bonds. The summed E-state index contributed by atoms with van der Waals surface area (Å²) in [6, 6.07) is 11.9. The number of carbonyl (C=O) groups excluding carboxylic acids is 1. The largest absolute Gasteiger partial charge is 0.497 e. The number of nitrogens with zero attached hydrogens (tertiary/aromatic N) is 2. The third-order valence-electron chi connectivity index (χ3n) is 4.19. The Kier molecular flexibility index (Phi) is 6.53. The quantitative estimate of drug-likeness (QED) is 0.434. The van der Waals surface area contributed by atoms with Crippen LogP contribution >= 0.6 is 0 Å². The number of carbonyl (C=O) groups is 1. The molecule has 0 spiro atoms. The number of amides is 2. The summed E-state index contributed by atoms with van der Waals surface area (Å²) in [4.78, 5) is 15.3. The molecule has 0 bridgehead atoms. The van der Waals surface area contributed by atoms with E-state index in [-0.39, 0.29) is 6.61 Å². The van der Waals surface area contributed by atoms with Crippen molar-refractivity contribution in [3.63, 3.8) is 0 Å². The number of aryl methyl sites for hydroxylation is 1. The van der Waals surface area contributed by atoms with Gasteiger partial charge in [0, 0.05) is 5.56 Å². The van der Waals surface area contributed by atoms with Crippen molar-refractivity contribution in [2.45, 2.75) is 13.5 Å². The van der Waals surface area contributed by atoms with Gasteiger partial charge in [0.05, 0.1) is 26.0 Å². The zero-order valence-electron chi connectivity index (χ0n) is 16.8. The van der Waals surface area contributed by atoms with Crippen LogP contribution in [0.4, 0.5) is 4.79 Å². The first-order valence-electron chi connectivity index (χ1n) is 9.01. The third kappa shape index (κ3) is 4.88. The van der Waals surface area contributed by atoms with Gasteiger partial charge in [0.2, 0.25) is 5.89 Å². The van der Waals surface area contributed by atoms with Gasteiger partial charge < -0.3 is 24.4 Å². The standard InChI is InChI=1S/C21H22N4O5/c1-13-17(12-29-18-7-5-4-6-14(18)11-23-25-21(22)26)24-20(30-13)16-10-15(27-2)8-9-19(16)28-3/h4-11H,12H2,1-3H3,(H3,22,25,26). The van der Waals surface area contributed by atoms with Crippen LogP contribution in [0.25, 0.3) is 11.5 Å². The topological polar surface area (TPSA) is 121 Å². The highest BCUT2D eigenvalue weighted by atomic mass is 16.5. The van der Waals surface area contributed by atoms with Crippen molar-refractivity contribution in [3.8, 4) is 28.7 Å². The molecular weight excluding hydrogens is 388 g/mol. The van der Waals surface area contributed by atoms with Crippen molar-refractivity contribution >= 4 is 12.2 Å². The van der Waals surface area contributed by atoms with Crippen molar-refractivity contribution in [1.29, 1.82) is 0 Å². The fraction of sp³-hybridized carbons (Fsp3) is 0.190. The van der Waals surface area contributed by atoms with Gasteiger partial charge in [0.1, 0.15) is 35.3 Å². The minimum Gasteiger partial charge on any atom is -0.497 e. The Morgan fingerprint density at radius 1 is 1.20 bits per heavy atom. The molecule has 0 fully saturated rings. The lowest BCUT2D eigenvalue weighted by atomic mass is 10.2. The number of nitrogens with two attached hydrogens (primary N) is 1. The van der Waals surface area contributed by atoms with E-state index in [0.717, 1.165) is 0 Å². The Labute approximate surface area is 173 Å². The van der Waals surface area contributed by atoms with Crippen LogP contribution in [0.2, 0.25) is 0 Å². The van der Waals surface area contributed by atoms with Crippen molar-refractivity contribution in [3.05, 3.63) is 59.5 Å². The average Bonchev–Trinajstić information content (AvgIpc) is 3.12. The number of primary amides is 1. The van der Waals surface area contributed by atoms with E-state index in [1.54, 1.807) is 44.6 Å². The number of urea groups is 1. The minimum absolute atomic E-state index is 0.176. The van der Waals surface area contributed by atoms with E-state index in [0.29, 0.717) is 45.7 Å². The highest BCUT2D eigenvalue weighted by Crippen LogP contribution is 2.34. The summed E-state index contributed by atoms with van der Waals surface area (Å²) in [5.74, 6) is 2.87. The van der Waals surface area contributed by atoms with E-state index in [9.17, 15) is 4.79 Å². The molecule has 3 N–H and O–H groups in total. The molecule has 0 unspecified atom stereocenters. The summed E-state index contributed by atoms with van der Waals surface area (Å²) in [5.41, 5.74) is 9.14. The van der Waals surface area contributed by atoms with Gasteiger partial charge in [-0.2, -0.15) is 5.10 Å². The predicted molar refractivity (Wildman–Crippen MR) is 111 cm³/mol. The maximum atomic E-state index is 10.8. The number of methoxy groups -OCH3 is 2. The van der Waals surface area contributed by atoms with Gasteiger partial charge in [-0.1, -0.05) is 12.1 Å². The van der Waals surface area contributed by atoms with E-state index in [1.807, 2.05) is 19.1 Å². The number of benzene rings is 2. The first-order chi connectivity index (χ1) is 14.5. The van der Waals surface area contributed by atoms with Crippen molar-refractivity contribution in [2.24, 2.45) is 10.8 Å². The summed E-state index contributed by atoms with van der Waals surface area (Å²) in [5, 5.41) is 3.76. The highest BCUT2D eigenvalue weighted by molar-refractivity contribution is 5.84. The van der Waals surface area contributed by atoms with E-state index in [4.69, 9.17) is 24.4 Å². The second-order valence-corrected chi connectivity index (χ2v) is 6.15. The van der Waals surface area contributed by atoms with Crippen LogP contribution < -0.4 is 25.4 Å². The van der Waals surface area contributed by atoms with Crippen LogP contribution in [-0.2, 0) is 6.61 Å². The van der Waals surface area contributed by atoms with Crippen LogP contribution in [0.15, 0.2) is 52.0 Å². The molecule has 0 atom stereocenters. The maximum Gasteiger partial charge on any atom is 0.332 e. The van der Waals surface area contributed by atoms with Gasteiger partial charge >= 0.3 is 6.03 Å². The second kappa shape index (κ2) is 9.46. The summed E-state index contributed by atoms with van der Waals surface area (Å²) in [6.07, 6.45) is 1.45. The van der Waals surface area contributed by atoms with Crippen LogP contribution in [-0.4, -0.2) is 31.4 Å². The van der Waals surface area contributed by atoms with E-state index in [2.05, 4.69) is 15.5 Å². The Balaban J connectivity index is 1.80. The molecule has 3 rings (SSSR count). The third-order valence-corrected chi connectivity index (χ3v) is 4.19. The van der Waals surface area contributed by atoms with E-state index < -0.39 is 6.03 Å². The van der Waals surface area contributed by atoms with Gasteiger partial charge in [0.25, 0.3) is 0 Å². The Bertz CT molecular complexity index is 1060. The fourth-order valence-electron chi connectivity index (χ4n) is 2.69. The zero-order chi connectivity index (χ0) is 21.5. The van der Waals surface area contributed by atoms with Gasteiger partial charge in [0.15, 0.2) is 0 Å². The number of hydrogen-bond donors (Lipinski definition) is 2. The van der Waals surface area contributed by atoms with Gasteiger partial charge in [-0.15, -0.1) is 0 Å². The van der Waals surface area contributed by atoms with E-state index >= 15 is 0 Å². The van der Waals surface area contributed by atoms with Crippen LogP contribution in [0.1, 0.15) is 17.0 Å². The summed E-state index contributed by atoms with van der Waals surface area (Å²) < 4.78 is 22.4. The fourth-order valence-corrected chi connectivity index (χ4v) is 2.69. The Morgan fingerprint density at radius 3 is 2.73 bits per heavy atom. The Morgan fingerprint density at radius 2 is 2.00 bits per heavy atom. The molecule has 0 saturated carbocycles. The SMILES string of the molecule is COc1ccc(OC)c(-c2nc(COc3ccccc3C=NNC(N)=O)c(C)o2)c1. The number of hydrazone groups is 1. The first kappa shape index (κ1) is 20.7. The van der Waals surface area contributed by atoms with E-state index in [1.165, 1.54) is 6.21 Å². The molecule has 0 aliphatic rings. The lowest BCUT2D eigenvalue weighted by Crippen LogP contribution is -2.24. The molecule has 0 radical (unpaired) electrons. The van der Waals surface area contributed by atoms with Gasteiger partial charge in [-0.3, -0.25) is 0 Å². The van der Waals surface area contributed by atoms with Gasteiger partial charge in [-0.05, 0) is 37.3 Å². The number of hydrogen-bond acceptors (Lipinski definition) is 7. The van der Waals surface area contributed by atoms with Crippen LogP contribution in [0, 0.1) is 6.92 Å². The smallest absolute Gasteiger partial charge is 0.332 e. The number of oxazole rings is 1. The van der Waals surface area contributed by atoms with Crippen LogP contribution in [0.3, 0.4) is 0 Å². The highest BCUT2D eigenvalue weighted by Gasteiger charge is 2.17. The number of nitrogens with one attached hydrogen (secondary N) is 1. The average molecular weight is 410 g/mol. The molecule has 3 aromatic rings. The lowest BCUT2D eigenvalue weighted by molar-refractivity contribution is 0.249. The molecule has 0 saturated heterocycles. The molecule has 30 heavy (non-hydrogen) atoms.